The molecule has 2 atom stereocenters. The highest BCUT2D eigenvalue weighted by atomic mass is 79.9. The van der Waals surface area contributed by atoms with Crippen molar-refractivity contribution in [1.82, 2.24) is 5.32 Å². The Kier molecular flexibility index (Phi) is 4.42. The van der Waals surface area contributed by atoms with Crippen molar-refractivity contribution in [3.8, 4) is 0 Å². The van der Waals surface area contributed by atoms with E-state index in [0.717, 1.165) is 6.54 Å². The Morgan fingerprint density at radius 3 is 2.69 bits per heavy atom. The van der Waals surface area contributed by atoms with Crippen molar-refractivity contribution < 1.29 is 0 Å². The summed E-state index contributed by atoms with van der Waals surface area (Å²) in [4.78, 5) is 1.44. The minimum atomic E-state index is 0.542. The first-order valence-corrected chi connectivity index (χ1v) is 6.30. The number of likely N-dealkylation sites (N-methyl/N-ethyl adjacent to an activating group) is 1. The Balaban J connectivity index is 2.67. The van der Waals surface area contributed by atoms with Gasteiger partial charge < -0.3 is 5.32 Å². The first kappa shape index (κ1) is 11.2. The lowest BCUT2D eigenvalue weighted by atomic mass is 10.0. The zero-order valence-electron chi connectivity index (χ0n) is 8.30. The summed E-state index contributed by atoms with van der Waals surface area (Å²) in [6, 6.07) is 2.66. The van der Waals surface area contributed by atoms with E-state index in [4.69, 9.17) is 0 Å². The van der Waals surface area contributed by atoms with Gasteiger partial charge in [0, 0.05) is 21.3 Å². The van der Waals surface area contributed by atoms with Crippen LogP contribution >= 0.6 is 27.3 Å². The third kappa shape index (κ3) is 2.79. The van der Waals surface area contributed by atoms with E-state index in [1.54, 1.807) is 0 Å². The molecule has 0 bridgehead atoms. The van der Waals surface area contributed by atoms with Gasteiger partial charge in [-0.15, -0.1) is 11.3 Å². The Bertz CT molecular complexity index is 259. The van der Waals surface area contributed by atoms with Crippen LogP contribution in [0.15, 0.2) is 15.9 Å². The van der Waals surface area contributed by atoms with Gasteiger partial charge in [-0.2, -0.15) is 0 Å². The molecule has 74 valence electrons. The maximum Gasteiger partial charge on any atom is 0.0317 e. The molecule has 0 radical (unpaired) electrons. The van der Waals surface area contributed by atoms with Gasteiger partial charge in [0.1, 0.15) is 0 Å². The third-order valence-corrected chi connectivity index (χ3v) is 4.41. The van der Waals surface area contributed by atoms with E-state index in [-0.39, 0.29) is 0 Å². The van der Waals surface area contributed by atoms with Crippen molar-refractivity contribution in [3.05, 3.63) is 20.8 Å². The maximum atomic E-state index is 3.57. The second kappa shape index (κ2) is 5.13. The highest BCUT2D eigenvalue weighted by Crippen LogP contribution is 2.31. The fraction of sp³-hybridized carbons (Fsp3) is 0.600. The van der Waals surface area contributed by atoms with E-state index in [1.165, 1.54) is 9.35 Å². The fourth-order valence-corrected chi connectivity index (χ4v) is 3.25. The summed E-state index contributed by atoms with van der Waals surface area (Å²) in [6.45, 7) is 7.69. The van der Waals surface area contributed by atoms with Crippen LogP contribution in [-0.4, -0.2) is 12.6 Å². The van der Waals surface area contributed by atoms with Crippen molar-refractivity contribution in [2.75, 3.05) is 6.54 Å². The molecule has 13 heavy (non-hydrogen) atoms. The summed E-state index contributed by atoms with van der Waals surface area (Å²) in [5.74, 6) is 0.578. The molecule has 1 aromatic heterocycles. The molecule has 0 fully saturated rings. The van der Waals surface area contributed by atoms with Gasteiger partial charge in [0.25, 0.3) is 0 Å². The molecule has 1 N–H and O–H groups in total. The highest BCUT2D eigenvalue weighted by Gasteiger charge is 2.16. The van der Waals surface area contributed by atoms with Gasteiger partial charge in [-0.25, -0.2) is 0 Å². The lowest BCUT2D eigenvalue weighted by Crippen LogP contribution is -2.30. The van der Waals surface area contributed by atoms with E-state index >= 15 is 0 Å². The van der Waals surface area contributed by atoms with E-state index in [9.17, 15) is 0 Å². The summed E-state index contributed by atoms with van der Waals surface area (Å²) in [5, 5.41) is 5.58. The molecule has 0 aliphatic carbocycles. The molecule has 0 saturated heterocycles. The minimum absolute atomic E-state index is 0.542. The smallest absolute Gasteiger partial charge is 0.0317 e. The maximum absolute atomic E-state index is 3.57. The number of nitrogens with one attached hydrogen (secondary N) is 1. The topological polar surface area (TPSA) is 12.0 Å². The van der Waals surface area contributed by atoms with Crippen LogP contribution in [0.25, 0.3) is 0 Å². The molecule has 0 saturated carbocycles. The van der Waals surface area contributed by atoms with E-state index in [1.807, 2.05) is 11.3 Å². The zero-order chi connectivity index (χ0) is 9.84. The number of thiophene rings is 1. The van der Waals surface area contributed by atoms with Crippen LogP contribution in [0, 0.1) is 0 Å². The van der Waals surface area contributed by atoms with Crippen LogP contribution in [0.5, 0.6) is 0 Å². The van der Waals surface area contributed by atoms with Crippen LogP contribution < -0.4 is 5.32 Å². The number of halogens is 1. The molecule has 3 heteroatoms. The summed E-state index contributed by atoms with van der Waals surface area (Å²) in [7, 11) is 0. The quantitative estimate of drug-likeness (QED) is 0.874. The van der Waals surface area contributed by atoms with Crippen LogP contribution in [0.1, 0.15) is 31.6 Å². The average molecular weight is 262 g/mol. The second-order valence-electron chi connectivity index (χ2n) is 3.27. The summed E-state index contributed by atoms with van der Waals surface area (Å²) in [6.07, 6.45) is 0. The molecule has 2 unspecified atom stereocenters. The Labute approximate surface area is 92.7 Å². The SMILES string of the molecule is CCNC(C)C(C)c1sccc1Br. The summed E-state index contributed by atoms with van der Waals surface area (Å²) < 4.78 is 1.25. The predicted octanol–water partition coefficient (Wildman–Crippen LogP) is 3.61. The molecule has 0 aliphatic rings. The van der Waals surface area contributed by atoms with Gasteiger partial charge in [0.05, 0.1) is 0 Å². The summed E-state index contributed by atoms with van der Waals surface area (Å²) in [5.41, 5.74) is 0. The first-order valence-electron chi connectivity index (χ1n) is 4.63. The van der Waals surface area contributed by atoms with Gasteiger partial charge in [-0.05, 0) is 40.8 Å². The average Bonchev–Trinajstić information content (AvgIpc) is 2.50. The molecule has 1 aromatic rings. The Morgan fingerprint density at radius 2 is 2.23 bits per heavy atom. The molecule has 1 nitrogen and oxygen atoms in total. The zero-order valence-corrected chi connectivity index (χ0v) is 10.7. The molecule has 1 heterocycles. The van der Waals surface area contributed by atoms with Gasteiger partial charge in [0.15, 0.2) is 0 Å². The lowest BCUT2D eigenvalue weighted by molar-refractivity contribution is 0.499. The second-order valence-corrected chi connectivity index (χ2v) is 5.07. The lowest BCUT2D eigenvalue weighted by Gasteiger charge is -2.19. The minimum Gasteiger partial charge on any atom is -0.314 e. The van der Waals surface area contributed by atoms with Gasteiger partial charge >= 0.3 is 0 Å². The van der Waals surface area contributed by atoms with Crippen molar-refractivity contribution >= 4 is 27.3 Å². The van der Waals surface area contributed by atoms with Gasteiger partial charge in [-0.1, -0.05) is 13.8 Å². The van der Waals surface area contributed by atoms with Crippen LogP contribution in [-0.2, 0) is 0 Å². The molecule has 0 aromatic carbocycles. The molecule has 0 amide bonds. The number of rotatable bonds is 4. The predicted molar refractivity (Wildman–Crippen MR) is 63.6 cm³/mol. The molecular formula is C10H16BrNS. The number of hydrogen-bond acceptors (Lipinski definition) is 2. The standard InChI is InChI=1S/C10H16BrNS/c1-4-12-8(3)7(2)10-9(11)5-6-13-10/h5-8,12H,4H2,1-3H3. The normalized spacial score (nSPS) is 15.7. The largest absolute Gasteiger partial charge is 0.314 e. The Hall–Kier alpha value is 0.140. The third-order valence-electron chi connectivity index (χ3n) is 2.33. The van der Waals surface area contributed by atoms with Gasteiger partial charge in [0.2, 0.25) is 0 Å². The van der Waals surface area contributed by atoms with Crippen molar-refractivity contribution in [3.63, 3.8) is 0 Å². The fourth-order valence-electron chi connectivity index (χ4n) is 1.36. The molecule has 0 aliphatic heterocycles. The molecular weight excluding hydrogens is 246 g/mol. The van der Waals surface area contributed by atoms with E-state index in [2.05, 4.69) is 53.5 Å². The highest BCUT2D eigenvalue weighted by molar-refractivity contribution is 9.10. The monoisotopic (exact) mass is 261 g/mol. The Morgan fingerprint density at radius 1 is 1.54 bits per heavy atom. The van der Waals surface area contributed by atoms with Gasteiger partial charge in [-0.3, -0.25) is 0 Å². The van der Waals surface area contributed by atoms with E-state index < -0.39 is 0 Å². The van der Waals surface area contributed by atoms with Crippen LogP contribution in [0.2, 0.25) is 0 Å². The van der Waals surface area contributed by atoms with Crippen molar-refractivity contribution in [2.45, 2.75) is 32.7 Å². The van der Waals surface area contributed by atoms with Crippen LogP contribution in [0.4, 0.5) is 0 Å². The number of hydrogen-bond donors (Lipinski definition) is 1. The van der Waals surface area contributed by atoms with Crippen molar-refractivity contribution in [2.24, 2.45) is 0 Å². The van der Waals surface area contributed by atoms with Crippen LogP contribution in [0.3, 0.4) is 0 Å². The van der Waals surface area contributed by atoms with E-state index in [0.29, 0.717) is 12.0 Å². The molecule has 1 rings (SSSR count). The first-order chi connectivity index (χ1) is 6.16. The summed E-state index contributed by atoms with van der Waals surface area (Å²) >= 11 is 5.39. The van der Waals surface area contributed by atoms with Crippen molar-refractivity contribution in [1.29, 1.82) is 0 Å². The molecule has 0 spiro atoms.